The molecule has 0 aliphatic heterocycles. The minimum atomic E-state index is -0.565. The van der Waals surface area contributed by atoms with Gasteiger partial charge in [0.25, 0.3) is 5.91 Å². The van der Waals surface area contributed by atoms with E-state index in [1.807, 2.05) is 68.4 Å². The lowest BCUT2D eigenvalue weighted by Crippen LogP contribution is -2.30. The predicted octanol–water partition coefficient (Wildman–Crippen LogP) is 4.18. The molecular formula is C22H21NO4. The van der Waals surface area contributed by atoms with Crippen molar-refractivity contribution in [1.29, 1.82) is 0 Å². The van der Waals surface area contributed by atoms with Crippen molar-refractivity contribution in [3.8, 4) is 0 Å². The first-order chi connectivity index (χ1) is 13.0. The van der Waals surface area contributed by atoms with Gasteiger partial charge in [0.15, 0.2) is 6.61 Å². The van der Waals surface area contributed by atoms with Gasteiger partial charge in [-0.25, -0.2) is 4.79 Å². The monoisotopic (exact) mass is 363 g/mol. The number of para-hydroxylation sites is 1. The summed E-state index contributed by atoms with van der Waals surface area (Å²) in [5.74, 6) is -0.305. The smallest absolute Gasteiger partial charge is 0.331 e. The number of fused-ring (bicyclic) bond motifs is 1. The van der Waals surface area contributed by atoms with Gasteiger partial charge in [0.05, 0.1) is 6.04 Å². The molecule has 138 valence electrons. The number of esters is 1. The zero-order valence-corrected chi connectivity index (χ0v) is 15.3. The van der Waals surface area contributed by atoms with Gasteiger partial charge < -0.3 is 14.5 Å². The van der Waals surface area contributed by atoms with Crippen LogP contribution in [0.3, 0.4) is 0 Å². The number of aryl methyl sites for hydroxylation is 1. The minimum absolute atomic E-state index is 0.328. The highest BCUT2D eigenvalue weighted by atomic mass is 16.5. The van der Waals surface area contributed by atoms with E-state index in [1.54, 1.807) is 6.08 Å². The number of rotatable bonds is 6. The Balaban J connectivity index is 1.50. The molecule has 0 saturated carbocycles. The van der Waals surface area contributed by atoms with Gasteiger partial charge in [-0.2, -0.15) is 0 Å². The van der Waals surface area contributed by atoms with Gasteiger partial charge in [-0.15, -0.1) is 0 Å². The fraction of sp³-hybridized carbons (Fsp3) is 0.182. The lowest BCUT2D eigenvalue weighted by atomic mass is 10.1. The molecule has 0 bridgehead atoms. The summed E-state index contributed by atoms with van der Waals surface area (Å²) in [6.45, 7) is 3.43. The summed E-state index contributed by atoms with van der Waals surface area (Å²) in [6, 6.07) is 16.9. The van der Waals surface area contributed by atoms with E-state index >= 15 is 0 Å². The summed E-state index contributed by atoms with van der Waals surface area (Å²) >= 11 is 0. The van der Waals surface area contributed by atoms with E-state index in [0.717, 1.165) is 22.1 Å². The fourth-order valence-corrected chi connectivity index (χ4v) is 2.69. The molecule has 0 fully saturated rings. The predicted molar refractivity (Wildman–Crippen MR) is 104 cm³/mol. The second-order valence-electron chi connectivity index (χ2n) is 6.27. The number of hydrogen-bond acceptors (Lipinski definition) is 4. The Hall–Kier alpha value is -3.34. The molecule has 0 saturated heterocycles. The fourth-order valence-electron chi connectivity index (χ4n) is 2.69. The highest BCUT2D eigenvalue weighted by Gasteiger charge is 2.15. The summed E-state index contributed by atoms with van der Waals surface area (Å²) < 4.78 is 10.7. The van der Waals surface area contributed by atoms with Crippen LogP contribution in [0.2, 0.25) is 0 Å². The molecule has 1 atom stereocenters. The van der Waals surface area contributed by atoms with E-state index in [0.29, 0.717) is 5.76 Å². The first-order valence-electron chi connectivity index (χ1n) is 8.71. The summed E-state index contributed by atoms with van der Waals surface area (Å²) in [4.78, 5) is 23.8. The SMILES string of the molecule is Cc1ccccc1/C=C/C(=O)OCC(=O)N[C@@H](C)c1cc2ccccc2o1. The van der Waals surface area contributed by atoms with Crippen LogP contribution >= 0.6 is 0 Å². The molecule has 1 amide bonds. The van der Waals surface area contributed by atoms with Crippen LogP contribution in [-0.2, 0) is 14.3 Å². The minimum Gasteiger partial charge on any atom is -0.459 e. The van der Waals surface area contributed by atoms with Crippen molar-refractivity contribution in [2.24, 2.45) is 0 Å². The molecule has 27 heavy (non-hydrogen) atoms. The molecule has 5 nitrogen and oxygen atoms in total. The molecule has 1 aromatic heterocycles. The van der Waals surface area contributed by atoms with E-state index in [2.05, 4.69) is 5.32 Å². The van der Waals surface area contributed by atoms with Crippen LogP contribution in [0.1, 0.15) is 29.9 Å². The third-order valence-corrected chi connectivity index (χ3v) is 4.18. The first kappa shape index (κ1) is 18.5. The van der Waals surface area contributed by atoms with Crippen LogP contribution in [0.15, 0.2) is 65.1 Å². The largest absolute Gasteiger partial charge is 0.459 e. The zero-order valence-electron chi connectivity index (χ0n) is 15.3. The number of benzene rings is 2. The Kier molecular flexibility index (Phi) is 5.71. The van der Waals surface area contributed by atoms with Crippen LogP contribution < -0.4 is 5.32 Å². The van der Waals surface area contributed by atoms with Crippen molar-refractivity contribution in [3.63, 3.8) is 0 Å². The maximum atomic E-state index is 12.0. The number of nitrogens with one attached hydrogen (secondary N) is 1. The Morgan fingerprint density at radius 1 is 1.15 bits per heavy atom. The van der Waals surface area contributed by atoms with E-state index in [4.69, 9.17) is 9.15 Å². The first-order valence-corrected chi connectivity index (χ1v) is 8.71. The molecule has 3 rings (SSSR count). The maximum Gasteiger partial charge on any atom is 0.331 e. The standard InChI is InChI=1S/C22H21NO4/c1-15-7-3-4-8-17(15)11-12-22(25)26-14-21(24)23-16(2)20-13-18-9-5-6-10-19(18)27-20/h3-13,16H,14H2,1-2H3,(H,23,24)/b12-11+/t16-/m0/s1. The number of furan rings is 1. The molecule has 1 N–H and O–H groups in total. The summed E-state index contributed by atoms with van der Waals surface area (Å²) in [5, 5.41) is 3.73. The average Bonchev–Trinajstić information content (AvgIpc) is 3.10. The molecule has 0 aliphatic carbocycles. The highest BCUT2D eigenvalue weighted by Crippen LogP contribution is 2.23. The number of carbonyl (C=O) groups is 2. The van der Waals surface area contributed by atoms with E-state index in [9.17, 15) is 9.59 Å². The van der Waals surface area contributed by atoms with Gasteiger partial charge in [0.2, 0.25) is 0 Å². The maximum absolute atomic E-state index is 12.0. The molecule has 0 aliphatic rings. The topological polar surface area (TPSA) is 68.5 Å². The van der Waals surface area contributed by atoms with Crippen LogP contribution in [0.5, 0.6) is 0 Å². The summed E-state index contributed by atoms with van der Waals surface area (Å²) in [5.41, 5.74) is 2.75. The second kappa shape index (κ2) is 8.36. The lowest BCUT2D eigenvalue weighted by molar-refractivity contribution is -0.144. The highest BCUT2D eigenvalue weighted by molar-refractivity contribution is 5.89. The van der Waals surface area contributed by atoms with Gasteiger partial charge >= 0.3 is 5.97 Å². The normalized spacial score (nSPS) is 12.2. The Morgan fingerprint density at radius 3 is 2.67 bits per heavy atom. The summed E-state index contributed by atoms with van der Waals surface area (Å²) in [6.07, 6.45) is 2.99. The van der Waals surface area contributed by atoms with Crippen molar-refractivity contribution in [3.05, 3.63) is 77.6 Å². The van der Waals surface area contributed by atoms with Gasteiger partial charge in [0.1, 0.15) is 11.3 Å². The number of hydrogen-bond donors (Lipinski definition) is 1. The van der Waals surface area contributed by atoms with Crippen LogP contribution in [-0.4, -0.2) is 18.5 Å². The molecule has 2 aromatic carbocycles. The van der Waals surface area contributed by atoms with Crippen molar-refractivity contribution >= 4 is 28.9 Å². The Morgan fingerprint density at radius 2 is 1.89 bits per heavy atom. The van der Waals surface area contributed by atoms with Gasteiger partial charge in [-0.3, -0.25) is 4.79 Å². The molecule has 1 heterocycles. The van der Waals surface area contributed by atoms with Crippen molar-refractivity contribution in [1.82, 2.24) is 5.32 Å². The second-order valence-corrected chi connectivity index (χ2v) is 6.27. The Bertz CT molecular complexity index is 954. The van der Waals surface area contributed by atoms with Gasteiger partial charge in [-0.1, -0.05) is 42.5 Å². The van der Waals surface area contributed by atoms with Gasteiger partial charge in [0, 0.05) is 11.5 Å². The van der Waals surface area contributed by atoms with Crippen LogP contribution in [0, 0.1) is 6.92 Å². The molecular weight excluding hydrogens is 342 g/mol. The van der Waals surface area contributed by atoms with Crippen molar-refractivity contribution in [2.45, 2.75) is 19.9 Å². The zero-order chi connectivity index (χ0) is 19.2. The van der Waals surface area contributed by atoms with Crippen LogP contribution in [0.25, 0.3) is 17.0 Å². The van der Waals surface area contributed by atoms with E-state index < -0.39 is 5.97 Å². The molecule has 5 heteroatoms. The van der Waals surface area contributed by atoms with Crippen molar-refractivity contribution in [2.75, 3.05) is 6.61 Å². The molecule has 0 spiro atoms. The third-order valence-electron chi connectivity index (χ3n) is 4.18. The van der Waals surface area contributed by atoms with E-state index in [-0.39, 0.29) is 18.6 Å². The number of ether oxygens (including phenoxy) is 1. The quantitative estimate of drug-likeness (QED) is 0.527. The van der Waals surface area contributed by atoms with Gasteiger partial charge in [-0.05, 0) is 43.2 Å². The molecule has 0 radical (unpaired) electrons. The van der Waals surface area contributed by atoms with E-state index in [1.165, 1.54) is 6.08 Å². The average molecular weight is 363 g/mol. The molecule has 3 aromatic rings. The Labute approximate surface area is 157 Å². The summed E-state index contributed by atoms with van der Waals surface area (Å²) in [7, 11) is 0. The lowest BCUT2D eigenvalue weighted by Gasteiger charge is -2.11. The number of carbonyl (C=O) groups excluding carboxylic acids is 2. The number of amides is 1. The third kappa shape index (κ3) is 4.85. The van der Waals surface area contributed by atoms with Crippen LogP contribution in [0.4, 0.5) is 0 Å². The molecule has 0 unspecified atom stereocenters. The van der Waals surface area contributed by atoms with Crippen molar-refractivity contribution < 1.29 is 18.7 Å².